The molecule has 0 aliphatic rings. The van der Waals surface area contributed by atoms with E-state index < -0.39 is 12.3 Å². The molecular formula is C10H13FO2. The van der Waals surface area contributed by atoms with E-state index in [0.717, 1.165) is 0 Å². The molecule has 3 heteroatoms. The Balaban J connectivity index is 3.01. The highest BCUT2D eigenvalue weighted by Crippen LogP contribution is 2.27. The van der Waals surface area contributed by atoms with Gasteiger partial charge >= 0.3 is 0 Å². The molecule has 1 atom stereocenters. The molecule has 0 heterocycles. The first-order valence-electron chi connectivity index (χ1n) is 4.04. The molecule has 0 aliphatic heterocycles. The van der Waals surface area contributed by atoms with Crippen LogP contribution >= 0.6 is 0 Å². The third-order valence-corrected chi connectivity index (χ3v) is 1.97. The fourth-order valence-electron chi connectivity index (χ4n) is 1.04. The molecule has 0 amide bonds. The fraction of sp³-hybridized carbons (Fsp3) is 0.400. The van der Waals surface area contributed by atoms with Gasteiger partial charge in [0.15, 0.2) is 5.67 Å². The van der Waals surface area contributed by atoms with Crippen LogP contribution in [0.5, 0.6) is 5.75 Å². The maximum Gasteiger partial charge on any atom is 0.156 e. The van der Waals surface area contributed by atoms with Crippen molar-refractivity contribution in [1.29, 1.82) is 0 Å². The van der Waals surface area contributed by atoms with Crippen LogP contribution in [0.3, 0.4) is 0 Å². The molecule has 0 bridgehead atoms. The summed E-state index contributed by atoms with van der Waals surface area (Å²) in [4.78, 5) is 0. The van der Waals surface area contributed by atoms with Crippen molar-refractivity contribution in [3.8, 4) is 5.75 Å². The van der Waals surface area contributed by atoms with Gasteiger partial charge in [0, 0.05) is 0 Å². The van der Waals surface area contributed by atoms with Crippen LogP contribution in [0, 0.1) is 0 Å². The van der Waals surface area contributed by atoms with Crippen molar-refractivity contribution in [3.63, 3.8) is 0 Å². The van der Waals surface area contributed by atoms with Gasteiger partial charge in [0.2, 0.25) is 0 Å². The minimum atomic E-state index is -1.70. The van der Waals surface area contributed by atoms with Gasteiger partial charge in [0.05, 0.1) is 13.7 Å². The van der Waals surface area contributed by atoms with Crippen LogP contribution < -0.4 is 4.74 Å². The molecule has 0 saturated carbocycles. The first-order chi connectivity index (χ1) is 6.10. The number of hydrogen-bond acceptors (Lipinski definition) is 2. The van der Waals surface area contributed by atoms with Crippen molar-refractivity contribution >= 4 is 0 Å². The lowest BCUT2D eigenvalue weighted by Crippen LogP contribution is -2.20. The van der Waals surface area contributed by atoms with E-state index in [1.807, 2.05) is 0 Å². The Hall–Kier alpha value is -1.09. The number of hydrogen-bond donors (Lipinski definition) is 1. The number of rotatable bonds is 3. The van der Waals surface area contributed by atoms with Gasteiger partial charge < -0.3 is 9.84 Å². The third kappa shape index (κ3) is 2.18. The molecule has 0 radical (unpaired) electrons. The number of methoxy groups -OCH3 is 1. The minimum absolute atomic E-state index is 0.425. The zero-order chi connectivity index (χ0) is 9.90. The van der Waals surface area contributed by atoms with Gasteiger partial charge in [-0.1, -0.05) is 12.1 Å². The second kappa shape index (κ2) is 3.75. The Morgan fingerprint density at radius 2 is 2.23 bits per heavy atom. The van der Waals surface area contributed by atoms with Crippen molar-refractivity contribution < 1.29 is 14.2 Å². The number of ether oxygens (including phenoxy) is 1. The van der Waals surface area contributed by atoms with Crippen molar-refractivity contribution in [2.24, 2.45) is 0 Å². The first kappa shape index (κ1) is 9.99. The van der Waals surface area contributed by atoms with Crippen LogP contribution in [-0.2, 0) is 5.67 Å². The molecule has 0 aliphatic carbocycles. The summed E-state index contributed by atoms with van der Waals surface area (Å²) < 4.78 is 18.5. The van der Waals surface area contributed by atoms with Gasteiger partial charge in [-0.25, -0.2) is 4.39 Å². The molecule has 72 valence electrons. The number of benzene rings is 1. The Morgan fingerprint density at radius 3 is 2.77 bits per heavy atom. The van der Waals surface area contributed by atoms with E-state index in [4.69, 9.17) is 9.84 Å². The van der Waals surface area contributed by atoms with Gasteiger partial charge in [-0.15, -0.1) is 0 Å². The standard InChI is InChI=1S/C10H13FO2/c1-10(11,7-12)8-4-3-5-9(6-8)13-2/h3-6,12H,7H2,1-2H3. The normalized spacial score (nSPS) is 15.1. The second-order valence-corrected chi connectivity index (χ2v) is 3.09. The lowest BCUT2D eigenvalue weighted by atomic mass is 9.99. The highest BCUT2D eigenvalue weighted by Gasteiger charge is 2.24. The molecule has 1 N–H and O–H groups in total. The summed E-state index contributed by atoms with van der Waals surface area (Å²) in [5, 5.41) is 8.80. The molecule has 0 saturated heterocycles. The summed E-state index contributed by atoms with van der Waals surface area (Å²) in [7, 11) is 1.52. The van der Waals surface area contributed by atoms with Crippen molar-refractivity contribution in [2.45, 2.75) is 12.6 Å². The van der Waals surface area contributed by atoms with Gasteiger partial charge in [-0.3, -0.25) is 0 Å². The molecule has 1 unspecified atom stereocenters. The lowest BCUT2D eigenvalue weighted by Gasteiger charge is -2.18. The number of alkyl halides is 1. The molecule has 1 aromatic rings. The number of aliphatic hydroxyl groups excluding tert-OH is 1. The van der Waals surface area contributed by atoms with Crippen molar-refractivity contribution in [1.82, 2.24) is 0 Å². The molecule has 1 rings (SSSR count). The Labute approximate surface area is 77.0 Å². The summed E-state index contributed by atoms with van der Waals surface area (Å²) in [6, 6.07) is 6.63. The minimum Gasteiger partial charge on any atom is -0.497 e. The number of halogens is 1. The molecule has 2 nitrogen and oxygen atoms in total. The van der Waals surface area contributed by atoms with E-state index in [1.54, 1.807) is 24.3 Å². The molecule has 0 fully saturated rings. The Bertz CT molecular complexity index is 284. The van der Waals surface area contributed by atoms with Crippen LogP contribution in [-0.4, -0.2) is 18.8 Å². The van der Waals surface area contributed by atoms with E-state index in [-0.39, 0.29) is 0 Å². The predicted octanol–water partition coefficient (Wildman–Crippen LogP) is 1.87. The van der Waals surface area contributed by atoms with Crippen LogP contribution in [0.4, 0.5) is 4.39 Å². The Morgan fingerprint density at radius 1 is 1.54 bits per heavy atom. The van der Waals surface area contributed by atoms with Gasteiger partial charge in [0.1, 0.15) is 5.75 Å². The lowest BCUT2D eigenvalue weighted by molar-refractivity contribution is 0.0866. The quantitative estimate of drug-likeness (QED) is 0.777. The predicted molar refractivity (Wildman–Crippen MR) is 48.5 cm³/mol. The van der Waals surface area contributed by atoms with Gasteiger partial charge in [-0.05, 0) is 24.6 Å². The maximum atomic E-state index is 13.6. The topological polar surface area (TPSA) is 29.5 Å². The SMILES string of the molecule is COc1cccc(C(C)(F)CO)c1. The average Bonchev–Trinajstić information content (AvgIpc) is 2.18. The van der Waals surface area contributed by atoms with Crippen LogP contribution in [0.25, 0.3) is 0 Å². The van der Waals surface area contributed by atoms with Crippen molar-refractivity contribution in [2.75, 3.05) is 13.7 Å². The first-order valence-corrected chi connectivity index (χ1v) is 4.04. The summed E-state index contributed by atoms with van der Waals surface area (Å²) >= 11 is 0. The van der Waals surface area contributed by atoms with Crippen molar-refractivity contribution in [3.05, 3.63) is 29.8 Å². The van der Waals surface area contributed by atoms with Gasteiger partial charge in [0.25, 0.3) is 0 Å². The van der Waals surface area contributed by atoms with E-state index in [9.17, 15) is 4.39 Å². The Kier molecular flexibility index (Phi) is 2.88. The second-order valence-electron chi connectivity index (χ2n) is 3.09. The molecule has 0 spiro atoms. The van der Waals surface area contributed by atoms with E-state index in [0.29, 0.717) is 11.3 Å². The summed E-state index contributed by atoms with van der Waals surface area (Å²) in [6.07, 6.45) is 0. The van der Waals surface area contributed by atoms with Crippen LogP contribution in [0.15, 0.2) is 24.3 Å². The van der Waals surface area contributed by atoms with E-state index in [2.05, 4.69) is 0 Å². The molecule has 1 aromatic carbocycles. The zero-order valence-corrected chi connectivity index (χ0v) is 7.75. The molecule has 13 heavy (non-hydrogen) atoms. The molecule has 0 aromatic heterocycles. The fourth-order valence-corrected chi connectivity index (χ4v) is 1.04. The maximum absolute atomic E-state index is 13.6. The summed E-state index contributed by atoms with van der Waals surface area (Å²) in [6.45, 7) is 0.807. The van der Waals surface area contributed by atoms with Gasteiger partial charge in [-0.2, -0.15) is 0 Å². The highest BCUT2D eigenvalue weighted by molar-refractivity contribution is 5.32. The summed E-state index contributed by atoms with van der Waals surface area (Å²) in [5.41, 5.74) is -1.27. The average molecular weight is 184 g/mol. The summed E-state index contributed by atoms with van der Waals surface area (Å²) in [5.74, 6) is 0.592. The van der Waals surface area contributed by atoms with E-state index in [1.165, 1.54) is 14.0 Å². The zero-order valence-electron chi connectivity index (χ0n) is 7.75. The highest BCUT2D eigenvalue weighted by atomic mass is 19.1. The smallest absolute Gasteiger partial charge is 0.156 e. The molecular weight excluding hydrogens is 171 g/mol. The third-order valence-electron chi connectivity index (χ3n) is 1.97. The monoisotopic (exact) mass is 184 g/mol. The van der Waals surface area contributed by atoms with E-state index >= 15 is 0 Å². The number of aliphatic hydroxyl groups is 1. The van der Waals surface area contributed by atoms with Crippen LogP contribution in [0.1, 0.15) is 12.5 Å². The largest absolute Gasteiger partial charge is 0.497 e. The van der Waals surface area contributed by atoms with Crippen LogP contribution in [0.2, 0.25) is 0 Å².